The molecule has 0 aliphatic heterocycles. The van der Waals surface area contributed by atoms with Crippen LogP contribution in [0.2, 0.25) is 0 Å². The second-order valence-corrected chi connectivity index (χ2v) is 4.68. The molecule has 19 heavy (non-hydrogen) atoms. The van der Waals surface area contributed by atoms with Crippen LogP contribution in [0, 0.1) is 11.6 Å². The summed E-state index contributed by atoms with van der Waals surface area (Å²) >= 11 is 6.22. The minimum absolute atomic E-state index is 0.00493. The molecule has 2 rings (SSSR count). The number of benzene rings is 2. The van der Waals surface area contributed by atoms with Gasteiger partial charge in [0.05, 0.1) is 12.5 Å². The smallest absolute Gasteiger partial charge is 0.129 e. The Morgan fingerprint density at radius 2 is 1.74 bits per heavy atom. The van der Waals surface area contributed by atoms with Gasteiger partial charge in [0, 0.05) is 5.56 Å². The molecule has 2 aromatic rings. The number of hydrogen-bond acceptors (Lipinski definition) is 1. The van der Waals surface area contributed by atoms with Crippen molar-refractivity contribution in [3.8, 4) is 5.75 Å². The van der Waals surface area contributed by atoms with Crippen LogP contribution in [-0.4, -0.2) is 7.11 Å². The zero-order valence-corrected chi connectivity index (χ0v) is 11.1. The molecule has 1 unspecified atom stereocenters. The van der Waals surface area contributed by atoms with E-state index in [2.05, 4.69) is 0 Å². The van der Waals surface area contributed by atoms with Crippen molar-refractivity contribution >= 4 is 11.6 Å². The fourth-order valence-corrected chi connectivity index (χ4v) is 2.15. The van der Waals surface area contributed by atoms with E-state index >= 15 is 0 Å². The summed E-state index contributed by atoms with van der Waals surface area (Å²) in [5, 5.41) is -0.512. The average molecular weight is 283 g/mol. The van der Waals surface area contributed by atoms with Crippen molar-refractivity contribution in [1.82, 2.24) is 0 Å². The zero-order valence-electron chi connectivity index (χ0n) is 10.4. The van der Waals surface area contributed by atoms with E-state index in [0.717, 1.165) is 5.56 Å². The fourth-order valence-electron chi connectivity index (χ4n) is 1.86. The summed E-state index contributed by atoms with van der Waals surface area (Å²) in [4.78, 5) is 0. The number of rotatable bonds is 4. The third-order valence-electron chi connectivity index (χ3n) is 2.90. The first-order valence-corrected chi connectivity index (χ1v) is 6.26. The summed E-state index contributed by atoms with van der Waals surface area (Å²) < 4.78 is 32.2. The van der Waals surface area contributed by atoms with Crippen LogP contribution in [0.15, 0.2) is 42.5 Å². The lowest BCUT2D eigenvalue weighted by Gasteiger charge is -2.12. The Morgan fingerprint density at radius 1 is 1.11 bits per heavy atom. The lowest BCUT2D eigenvalue weighted by molar-refractivity contribution is 0.414. The molecule has 0 saturated carbocycles. The van der Waals surface area contributed by atoms with Gasteiger partial charge in [-0.1, -0.05) is 18.2 Å². The predicted molar refractivity (Wildman–Crippen MR) is 71.7 cm³/mol. The minimum Gasteiger partial charge on any atom is -0.497 e. The number of alkyl halides is 1. The predicted octanol–water partition coefficient (Wildman–Crippen LogP) is 4.50. The molecular formula is C15H13ClF2O. The molecular weight excluding hydrogens is 270 g/mol. The van der Waals surface area contributed by atoms with Gasteiger partial charge in [0.25, 0.3) is 0 Å². The molecule has 0 saturated heterocycles. The van der Waals surface area contributed by atoms with Gasteiger partial charge in [-0.2, -0.15) is 0 Å². The summed E-state index contributed by atoms with van der Waals surface area (Å²) in [6.45, 7) is 0. The van der Waals surface area contributed by atoms with Crippen molar-refractivity contribution < 1.29 is 13.5 Å². The van der Waals surface area contributed by atoms with E-state index in [9.17, 15) is 8.78 Å². The highest BCUT2D eigenvalue weighted by Crippen LogP contribution is 2.29. The highest BCUT2D eigenvalue weighted by Gasteiger charge is 2.15. The molecule has 0 heterocycles. The summed E-state index contributed by atoms with van der Waals surface area (Å²) in [5.41, 5.74) is 0.772. The van der Waals surface area contributed by atoms with Crippen LogP contribution < -0.4 is 4.74 Å². The Hall–Kier alpha value is -1.61. The lowest BCUT2D eigenvalue weighted by atomic mass is 10.0. The van der Waals surface area contributed by atoms with Gasteiger partial charge in [-0.05, 0) is 36.2 Å². The Morgan fingerprint density at radius 3 is 2.37 bits per heavy atom. The van der Waals surface area contributed by atoms with Gasteiger partial charge in [0.2, 0.25) is 0 Å². The third-order valence-corrected chi connectivity index (χ3v) is 3.31. The van der Waals surface area contributed by atoms with Gasteiger partial charge in [-0.3, -0.25) is 0 Å². The second kappa shape index (κ2) is 6.02. The van der Waals surface area contributed by atoms with Gasteiger partial charge in [-0.25, -0.2) is 8.78 Å². The van der Waals surface area contributed by atoms with Crippen LogP contribution in [0.5, 0.6) is 5.75 Å². The fraction of sp³-hybridized carbons (Fsp3) is 0.200. The molecule has 0 amide bonds. The Balaban J connectivity index is 2.23. The molecule has 1 atom stereocenters. The minimum atomic E-state index is -0.575. The summed E-state index contributed by atoms with van der Waals surface area (Å²) in [5.74, 6) is -0.487. The van der Waals surface area contributed by atoms with Crippen molar-refractivity contribution in [3.05, 3.63) is 65.2 Å². The molecule has 0 aliphatic carbocycles. The van der Waals surface area contributed by atoms with Crippen molar-refractivity contribution in [2.75, 3.05) is 7.11 Å². The summed E-state index contributed by atoms with van der Waals surface area (Å²) in [6, 6.07) is 10.9. The first-order chi connectivity index (χ1) is 9.11. The molecule has 100 valence electrons. The van der Waals surface area contributed by atoms with Crippen LogP contribution in [0.1, 0.15) is 16.5 Å². The van der Waals surface area contributed by atoms with Gasteiger partial charge in [0.15, 0.2) is 0 Å². The number of halogens is 3. The highest BCUT2D eigenvalue weighted by molar-refractivity contribution is 6.20. The van der Waals surface area contributed by atoms with Crippen LogP contribution in [0.25, 0.3) is 0 Å². The van der Waals surface area contributed by atoms with Gasteiger partial charge < -0.3 is 4.74 Å². The van der Waals surface area contributed by atoms with Crippen LogP contribution in [0.4, 0.5) is 8.78 Å². The van der Waals surface area contributed by atoms with E-state index in [1.165, 1.54) is 18.2 Å². The van der Waals surface area contributed by atoms with Crippen LogP contribution >= 0.6 is 11.6 Å². The topological polar surface area (TPSA) is 9.23 Å². The molecule has 0 radical (unpaired) electrons. The second-order valence-electron chi connectivity index (χ2n) is 4.15. The molecule has 2 aromatic carbocycles. The lowest BCUT2D eigenvalue weighted by Crippen LogP contribution is -2.01. The van der Waals surface area contributed by atoms with E-state index < -0.39 is 17.0 Å². The number of hydrogen-bond donors (Lipinski definition) is 0. The maximum absolute atomic E-state index is 13.5. The van der Waals surface area contributed by atoms with Crippen LogP contribution in [-0.2, 0) is 6.42 Å². The number of methoxy groups -OCH3 is 1. The first kappa shape index (κ1) is 13.8. The summed E-state index contributed by atoms with van der Waals surface area (Å²) in [7, 11) is 1.55. The Kier molecular flexibility index (Phi) is 4.38. The van der Waals surface area contributed by atoms with E-state index in [1.54, 1.807) is 31.4 Å². The maximum atomic E-state index is 13.5. The zero-order chi connectivity index (χ0) is 13.8. The van der Waals surface area contributed by atoms with Crippen LogP contribution in [0.3, 0.4) is 0 Å². The van der Waals surface area contributed by atoms with E-state index in [-0.39, 0.29) is 12.0 Å². The van der Waals surface area contributed by atoms with Crippen molar-refractivity contribution in [2.24, 2.45) is 0 Å². The molecule has 1 nitrogen and oxygen atoms in total. The van der Waals surface area contributed by atoms with Crippen molar-refractivity contribution in [1.29, 1.82) is 0 Å². The highest BCUT2D eigenvalue weighted by atomic mass is 35.5. The SMILES string of the molecule is COc1cccc(C(Cl)Cc2c(F)cccc2F)c1. The van der Waals surface area contributed by atoms with Crippen molar-refractivity contribution in [3.63, 3.8) is 0 Å². The van der Waals surface area contributed by atoms with E-state index in [0.29, 0.717) is 5.75 Å². The quantitative estimate of drug-likeness (QED) is 0.751. The number of ether oxygens (including phenoxy) is 1. The maximum Gasteiger partial charge on any atom is 0.129 e. The Bertz CT molecular complexity index is 552. The standard InChI is InChI=1S/C15H13ClF2O/c1-19-11-5-2-4-10(8-11)13(16)9-12-14(17)6-3-7-15(12)18/h2-8,13H,9H2,1H3. The van der Waals surface area contributed by atoms with E-state index in [1.807, 2.05) is 0 Å². The molecule has 0 aromatic heterocycles. The van der Waals surface area contributed by atoms with E-state index in [4.69, 9.17) is 16.3 Å². The summed E-state index contributed by atoms with van der Waals surface area (Å²) in [6.07, 6.45) is 0.0905. The van der Waals surface area contributed by atoms with Gasteiger partial charge in [-0.15, -0.1) is 11.6 Å². The molecule has 4 heteroatoms. The normalized spacial score (nSPS) is 12.2. The molecule has 0 aliphatic rings. The molecule has 0 fully saturated rings. The largest absolute Gasteiger partial charge is 0.497 e. The van der Waals surface area contributed by atoms with Gasteiger partial charge in [0.1, 0.15) is 17.4 Å². The van der Waals surface area contributed by atoms with Crippen molar-refractivity contribution in [2.45, 2.75) is 11.8 Å². The third kappa shape index (κ3) is 3.24. The molecule has 0 N–H and O–H groups in total. The monoisotopic (exact) mass is 282 g/mol. The van der Waals surface area contributed by atoms with Gasteiger partial charge >= 0.3 is 0 Å². The molecule has 0 bridgehead atoms. The Labute approximate surface area is 115 Å². The first-order valence-electron chi connectivity index (χ1n) is 5.82. The average Bonchev–Trinajstić information content (AvgIpc) is 2.43. The molecule has 0 spiro atoms.